The normalized spacial score (nSPS) is 37.0. The lowest BCUT2D eigenvalue weighted by Gasteiger charge is -2.31. The van der Waals surface area contributed by atoms with Crippen molar-refractivity contribution in [3.05, 3.63) is 0 Å². The topological polar surface area (TPSA) is 130 Å². The van der Waals surface area contributed by atoms with Crippen molar-refractivity contribution >= 4 is 29.6 Å². The van der Waals surface area contributed by atoms with E-state index in [-0.39, 0.29) is 11.3 Å². The van der Waals surface area contributed by atoms with E-state index < -0.39 is 41.3 Å². The lowest BCUT2D eigenvalue weighted by Crippen LogP contribution is -2.59. The molecule has 0 aliphatic heterocycles. The van der Waals surface area contributed by atoms with Crippen molar-refractivity contribution in [1.82, 2.24) is 5.32 Å². The molecule has 3 aliphatic rings. The first-order chi connectivity index (χ1) is 10.8. The molecule has 0 aromatic carbocycles. The van der Waals surface area contributed by atoms with Gasteiger partial charge >= 0.3 is 11.9 Å². The SMILES string of the molecule is CSCC[C@H](N)C(=O)NC1(C(=O)O)CC2(CC2)C2C(C(=O)O)C21. The predicted molar refractivity (Wildman–Crippen MR) is 83.9 cm³/mol. The second kappa shape index (κ2) is 5.37. The molecule has 0 saturated heterocycles. The van der Waals surface area contributed by atoms with Crippen LogP contribution in [-0.4, -0.2) is 51.6 Å². The maximum Gasteiger partial charge on any atom is 0.329 e. The van der Waals surface area contributed by atoms with Crippen LogP contribution in [0.5, 0.6) is 0 Å². The number of hydrogen-bond donors (Lipinski definition) is 4. The van der Waals surface area contributed by atoms with Crippen molar-refractivity contribution in [2.24, 2.45) is 28.9 Å². The molecule has 0 radical (unpaired) electrons. The van der Waals surface area contributed by atoms with Gasteiger partial charge in [0.15, 0.2) is 0 Å². The lowest BCUT2D eigenvalue weighted by atomic mass is 9.84. The van der Waals surface area contributed by atoms with Crippen LogP contribution in [-0.2, 0) is 14.4 Å². The fourth-order valence-corrected chi connectivity index (χ4v) is 5.03. The number of carbonyl (C=O) groups excluding carboxylic acids is 1. The molecule has 23 heavy (non-hydrogen) atoms. The van der Waals surface area contributed by atoms with Crippen molar-refractivity contribution in [1.29, 1.82) is 0 Å². The van der Waals surface area contributed by atoms with Crippen LogP contribution in [0.3, 0.4) is 0 Å². The second-order valence-corrected chi connectivity index (χ2v) is 8.09. The third-order valence-electron chi connectivity index (χ3n) is 5.80. The van der Waals surface area contributed by atoms with E-state index in [0.717, 1.165) is 12.8 Å². The Labute approximate surface area is 138 Å². The Morgan fingerprint density at radius 1 is 1.30 bits per heavy atom. The summed E-state index contributed by atoms with van der Waals surface area (Å²) in [5.41, 5.74) is 4.16. The van der Waals surface area contributed by atoms with Gasteiger partial charge in [0.1, 0.15) is 5.54 Å². The molecule has 0 aromatic rings. The first-order valence-electron chi connectivity index (χ1n) is 7.82. The Morgan fingerprint density at radius 2 is 1.96 bits per heavy atom. The molecule has 1 spiro atoms. The maximum atomic E-state index is 12.3. The standard InChI is InChI=1S/C15H22N2O5S/c1-23-5-2-7(16)11(18)17-15(13(21)22)6-14(3-4-14)9-8(10(9)15)12(19)20/h7-10H,2-6,16H2,1H3,(H,17,18)(H,19,20)(H,21,22)/t7-,8?,9?,10?,15?/m0/s1. The highest BCUT2D eigenvalue weighted by Crippen LogP contribution is 2.78. The van der Waals surface area contributed by atoms with E-state index in [1.165, 1.54) is 0 Å². The third-order valence-corrected chi connectivity index (χ3v) is 6.45. The van der Waals surface area contributed by atoms with Gasteiger partial charge in [-0.1, -0.05) is 0 Å². The minimum atomic E-state index is -1.47. The van der Waals surface area contributed by atoms with Gasteiger partial charge in [-0.2, -0.15) is 11.8 Å². The molecule has 5 atom stereocenters. The van der Waals surface area contributed by atoms with E-state index in [1.807, 2.05) is 6.26 Å². The molecule has 3 fully saturated rings. The monoisotopic (exact) mass is 342 g/mol. The summed E-state index contributed by atoms with van der Waals surface area (Å²) in [6.45, 7) is 0. The molecule has 0 heterocycles. The summed E-state index contributed by atoms with van der Waals surface area (Å²) >= 11 is 1.56. The van der Waals surface area contributed by atoms with Gasteiger partial charge in [0.05, 0.1) is 12.0 Å². The number of carbonyl (C=O) groups is 3. The van der Waals surface area contributed by atoms with E-state index in [0.29, 0.717) is 18.6 Å². The Morgan fingerprint density at radius 3 is 2.43 bits per heavy atom. The fraction of sp³-hybridized carbons (Fsp3) is 0.800. The molecule has 4 unspecified atom stereocenters. The van der Waals surface area contributed by atoms with Gasteiger partial charge < -0.3 is 21.3 Å². The zero-order valence-corrected chi connectivity index (χ0v) is 13.8. The minimum Gasteiger partial charge on any atom is -0.481 e. The molecule has 1 amide bonds. The van der Waals surface area contributed by atoms with Crippen molar-refractivity contribution in [2.45, 2.75) is 37.3 Å². The first-order valence-corrected chi connectivity index (χ1v) is 9.21. The smallest absolute Gasteiger partial charge is 0.329 e. The Bertz CT molecular complexity index is 564. The molecular formula is C15H22N2O5S. The van der Waals surface area contributed by atoms with Gasteiger partial charge in [-0.15, -0.1) is 0 Å². The van der Waals surface area contributed by atoms with E-state index in [4.69, 9.17) is 5.73 Å². The van der Waals surface area contributed by atoms with E-state index >= 15 is 0 Å². The van der Waals surface area contributed by atoms with Gasteiger partial charge in [0.2, 0.25) is 5.91 Å². The van der Waals surface area contributed by atoms with Gasteiger partial charge in [0.25, 0.3) is 0 Å². The zero-order valence-electron chi connectivity index (χ0n) is 12.9. The number of thioether (sulfide) groups is 1. The number of amides is 1. The summed E-state index contributed by atoms with van der Waals surface area (Å²) in [4.78, 5) is 35.7. The van der Waals surface area contributed by atoms with Crippen molar-refractivity contribution in [3.8, 4) is 0 Å². The van der Waals surface area contributed by atoms with Crippen LogP contribution in [0.25, 0.3) is 0 Å². The van der Waals surface area contributed by atoms with Crippen LogP contribution >= 0.6 is 11.8 Å². The molecule has 3 saturated carbocycles. The number of carboxylic acids is 2. The molecule has 5 N–H and O–H groups in total. The van der Waals surface area contributed by atoms with Gasteiger partial charge in [-0.3, -0.25) is 9.59 Å². The highest BCUT2D eigenvalue weighted by Gasteiger charge is 2.82. The van der Waals surface area contributed by atoms with Crippen LogP contribution in [0.15, 0.2) is 0 Å². The number of nitrogens with two attached hydrogens (primary N) is 1. The van der Waals surface area contributed by atoms with Crippen molar-refractivity contribution < 1.29 is 24.6 Å². The second-order valence-electron chi connectivity index (χ2n) is 7.11. The van der Waals surface area contributed by atoms with Gasteiger partial charge in [-0.05, 0) is 49.0 Å². The summed E-state index contributed by atoms with van der Waals surface area (Å²) in [7, 11) is 0. The van der Waals surface area contributed by atoms with Crippen LogP contribution in [0.1, 0.15) is 25.7 Å². The number of nitrogens with one attached hydrogen (secondary N) is 1. The Kier molecular flexibility index (Phi) is 3.87. The molecule has 0 bridgehead atoms. The molecule has 7 nitrogen and oxygen atoms in total. The average molecular weight is 342 g/mol. The Balaban J connectivity index is 1.80. The van der Waals surface area contributed by atoms with Gasteiger partial charge in [0, 0.05) is 5.92 Å². The number of carboxylic acid groups (broad SMARTS) is 2. The molecule has 8 heteroatoms. The summed E-state index contributed by atoms with van der Waals surface area (Å²) in [5, 5.41) is 21.8. The molecule has 3 aliphatic carbocycles. The number of rotatable bonds is 7. The van der Waals surface area contributed by atoms with Crippen LogP contribution < -0.4 is 11.1 Å². The largest absolute Gasteiger partial charge is 0.481 e. The van der Waals surface area contributed by atoms with Crippen LogP contribution in [0.2, 0.25) is 0 Å². The van der Waals surface area contributed by atoms with Gasteiger partial charge in [-0.25, -0.2) is 4.79 Å². The predicted octanol–water partition coefficient (Wildman–Crippen LogP) is 0.137. The zero-order chi connectivity index (χ0) is 17.0. The summed E-state index contributed by atoms with van der Waals surface area (Å²) < 4.78 is 0. The summed E-state index contributed by atoms with van der Waals surface area (Å²) in [6.07, 6.45) is 4.39. The number of aliphatic carboxylic acids is 2. The molecule has 128 valence electrons. The van der Waals surface area contributed by atoms with Crippen LogP contribution in [0, 0.1) is 23.2 Å². The van der Waals surface area contributed by atoms with E-state index in [9.17, 15) is 24.6 Å². The molecule has 0 aromatic heterocycles. The summed E-state index contributed by atoms with van der Waals surface area (Å²) in [5.74, 6) is -3.18. The molecular weight excluding hydrogens is 320 g/mol. The number of fused-ring (bicyclic) bond motifs is 2. The molecule has 3 rings (SSSR count). The summed E-state index contributed by atoms with van der Waals surface area (Å²) in [6, 6.07) is -0.769. The quantitative estimate of drug-likeness (QED) is 0.517. The maximum absolute atomic E-state index is 12.3. The minimum absolute atomic E-state index is 0.126. The number of hydrogen-bond acceptors (Lipinski definition) is 5. The fourth-order valence-electron chi connectivity index (χ4n) is 4.54. The first kappa shape index (κ1) is 16.6. The van der Waals surface area contributed by atoms with E-state index in [1.54, 1.807) is 11.8 Å². The Hall–Kier alpha value is -1.28. The van der Waals surface area contributed by atoms with Crippen molar-refractivity contribution in [2.75, 3.05) is 12.0 Å². The lowest BCUT2D eigenvalue weighted by molar-refractivity contribution is -0.150. The highest BCUT2D eigenvalue weighted by atomic mass is 32.2. The third kappa shape index (κ3) is 2.42. The highest BCUT2D eigenvalue weighted by molar-refractivity contribution is 7.98. The average Bonchev–Trinajstić information content (AvgIpc) is 3.35. The van der Waals surface area contributed by atoms with Crippen LogP contribution in [0.4, 0.5) is 0 Å². The van der Waals surface area contributed by atoms with Crippen molar-refractivity contribution in [3.63, 3.8) is 0 Å². The van der Waals surface area contributed by atoms with E-state index in [2.05, 4.69) is 5.32 Å².